The van der Waals surface area contributed by atoms with E-state index in [-0.39, 0.29) is 12.2 Å². The van der Waals surface area contributed by atoms with Gasteiger partial charge in [0, 0.05) is 13.1 Å². The molecule has 0 aromatic rings. The molecule has 0 atom stereocenters. The van der Waals surface area contributed by atoms with E-state index in [1.807, 2.05) is 0 Å². The first kappa shape index (κ1) is 5.67. The van der Waals surface area contributed by atoms with Crippen molar-refractivity contribution in [3.8, 4) is 0 Å². The molecule has 42 valence electrons. The van der Waals surface area contributed by atoms with E-state index in [0.29, 0.717) is 0 Å². The van der Waals surface area contributed by atoms with Gasteiger partial charge in [-0.1, -0.05) is 0 Å². The first-order chi connectivity index (χ1) is 3.84. The smallest absolute Gasteiger partial charge is 0.213 e. The summed E-state index contributed by atoms with van der Waals surface area (Å²) in [5.74, 6) is 0.0799. The first-order valence-corrected chi connectivity index (χ1v) is 2.82. The zero-order valence-corrected chi connectivity index (χ0v) is 4.76. The van der Waals surface area contributed by atoms with Crippen molar-refractivity contribution in [1.82, 2.24) is 4.90 Å². The maximum Gasteiger partial charge on any atom is 0.213 e. The Kier molecular flexibility index (Phi) is 1.56. The molecule has 1 rings (SSSR count). The largest absolute Gasteiger partial charge is 0.343 e. The standard InChI is InChI=1S/C5H8BNO/c6-4-5(8)7-2-1-3-7/h1-4H2. The Labute approximate surface area is 50.3 Å². The second-order valence-electron chi connectivity index (χ2n) is 1.94. The van der Waals surface area contributed by atoms with E-state index in [2.05, 4.69) is 0 Å². The van der Waals surface area contributed by atoms with Crippen LogP contribution in [0.25, 0.3) is 0 Å². The predicted molar refractivity (Wildman–Crippen MR) is 31.8 cm³/mol. The molecular weight excluding hydrogens is 101 g/mol. The maximum atomic E-state index is 10.6. The molecule has 0 spiro atoms. The van der Waals surface area contributed by atoms with Crippen molar-refractivity contribution in [1.29, 1.82) is 0 Å². The second-order valence-corrected chi connectivity index (χ2v) is 1.94. The third kappa shape index (κ3) is 0.856. The summed E-state index contributed by atoms with van der Waals surface area (Å²) in [6.45, 7) is 1.83. The number of amides is 1. The number of carbonyl (C=O) groups is 1. The Balaban J connectivity index is 2.24. The molecule has 2 radical (unpaired) electrons. The molecule has 1 heterocycles. The van der Waals surface area contributed by atoms with Gasteiger partial charge < -0.3 is 4.90 Å². The minimum absolute atomic E-state index is 0.0799. The second kappa shape index (κ2) is 2.20. The van der Waals surface area contributed by atoms with Gasteiger partial charge in [0.15, 0.2) is 0 Å². The van der Waals surface area contributed by atoms with Crippen molar-refractivity contribution in [3.63, 3.8) is 0 Å². The van der Waals surface area contributed by atoms with E-state index < -0.39 is 0 Å². The van der Waals surface area contributed by atoms with Gasteiger partial charge in [-0.2, -0.15) is 0 Å². The fourth-order valence-electron chi connectivity index (χ4n) is 0.695. The molecule has 0 aromatic heterocycles. The normalized spacial score (nSPS) is 17.8. The summed E-state index contributed by atoms with van der Waals surface area (Å²) < 4.78 is 0. The van der Waals surface area contributed by atoms with Crippen molar-refractivity contribution in [2.75, 3.05) is 13.1 Å². The molecule has 3 heteroatoms. The monoisotopic (exact) mass is 109 g/mol. The minimum Gasteiger partial charge on any atom is -0.343 e. The van der Waals surface area contributed by atoms with Gasteiger partial charge >= 0.3 is 0 Å². The number of nitrogens with zero attached hydrogens (tertiary/aromatic N) is 1. The van der Waals surface area contributed by atoms with Gasteiger partial charge in [0.2, 0.25) is 5.91 Å². The van der Waals surface area contributed by atoms with Crippen molar-refractivity contribution in [2.45, 2.75) is 12.7 Å². The third-order valence-corrected chi connectivity index (χ3v) is 1.38. The molecule has 0 saturated carbocycles. The molecule has 1 amide bonds. The molecule has 2 nitrogen and oxygen atoms in total. The van der Waals surface area contributed by atoms with Crippen LogP contribution >= 0.6 is 0 Å². The van der Waals surface area contributed by atoms with Gasteiger partial charge in [-0.05, 0) is 12.7 Å². The van der Waals surface area contributed by atoms with Crippen molar-refractivity contribution >= 4 is 13.8 Å². The maximum absolute atomic E-state index is 10.6. The first-order valence-electron chi connectivity index (χ1n) is 2.82. The molecule has 1 saturated heterocycles. The van der Waals surface area contributed by atoms with Gasteiger partial charge in [0.25, 0.3) is 0 Å². The molecule has 0 unspecified atom stereocenters. The van der Waals surface area contributed by atoms with E-state index in [4.69, 9.17) is 7.85 Å². The molecule has 8 heavy (non-hydrogen) atoms. The fraction of sp³-hybridized carbons (Fsp3) is 0.800. The Morgan fingerprint density at radius 2 is 2.25 bits per heavy atom. The average molecular weight is 109 g/mol. The van der Waals surface area contributed by atoms with Crippen LogP contribution in [0.4, 0.5) is 0 Å². The van der Waals surface area contributed by atoms with E-state index in [9.17, 15) is 4.79 Å². The lowest BCUT2D eigenvalue weighted by Crippen LogP contribution is -2.41. The van der Waals surface area contributed by atoms with Crippen LogP contribution < -0.4 is 0 Å². The molecule has 1 aliphatic rings. The highest BCUT2D eigenvalue weighted by atomic mass is 16.2. The van der Waals surface area contributed by atoms with Crippen molar-refractivity contribution < 1.29 is 4.79 Å². The fourth-order valence-corrected chi connectivity index (χ4v) is 0.695. The summed E-state index contributed by atoms with van der Waals surface area (Å²) in [4.78, 5) is 12.4. The summed E-state index contributed by atoms with van der Waals surface area (Å²) in [6.07, 6.45) is 1.31. The summed E-state index contributed by atoms with van der Waals surface area (Å²) in [7, 11) is 5.09. The lowest BCUT2D eigenvalue weighted by Gasteiger charge is -2.30. The van der Waals surface area contributed by atoms with Crippen LogP contribution in [0.3, 0.4) is 0 Å². The van der Waals surface area contributed by atoms with Crippen LogP contribution in [0.15, 0.2) is 0 Å². The average Bonchev–Trinajstić information content (AvgIpc) is 1.62. The van der Waals surface area contributed by atoms with Gasteiger partial charge in [0.1, 0.15) is 0 Å². The zero-order chi connectivity index (χ0) is 5.98. The minimum atomic E-state index is 0.0799. The van der Waals surface area contributed by atoms with E-state index in [1.165, 1.54) is 0 Å². The Morgan fingerprint density at radius 3 is 2.38 bits per heavy atom. The van der Waals surface area contributed by atoms with Crippen LogP contribution in [0.2, 0.25) is 6.32 Å². The quantitative estimate of drug-likeness (QED) is 0.427. The molecule has 0 aliphatic carbocycles. The van der Waals surface area contributed by atoms with Crippen LogP contribution in [0, 0.1) is 0 Å². The van der Waals surface area contributed by atoms with Crippen molar-refractivity contribution in [3.05, 3.63) is 0 Å². The van der Waals surface area contributed by atoms with Crippen LogP contribution in [-0.2, 0) is 4.79 Å². The van der Waals surface area contributed by atoms with Gasteiger partial charge in [-0.3, -0.25) is 4.79 Å². The highest BCUT2D eigenvalue weighted by Crippen LogP contribution is 2.06. The van der Waals surface area contributed by atoms with E-state index in [0.717, 1.165) is 19.5 Å². The summed E-state index contributed by atoms with van der Waals surface area (Å²) in [6, 6.07) is 0. The van der Waals surface area contributed by atoms with Crippen LogP contribution in [0.5, 0.6) is 0 Å². The van der Waals surface area contributed by atoms with Gasteiger partial charge in [-0.15, -0.1) is 0 Å². The Hall–Kier alpha value is -0.465. The van der Waals surface area contributed by atoms with E-state index >= 15 is 0 Å². The Bertz CT molecular complexity index is 101. The highest BCUT2D eigenvalue weighted by Gasteiger charge is 2.17. The molecule has 1 fully saturated rings. The zero-order valence-electron chi connectivity index (χ0n) is 4.76. The number of hydrogen-bond donors (Lipinski definition) is 0. The third-order valence-electron chi connectivity index (χ3n) is 1.38. The molecular formula is C5H8BNO. The van der Waals surface area contributed by atoms with Crippen LogP contribution in [0.1, 0.15) is 6.42 Å². The number of likely N-dealkylation sites (tertiary alicyclic amines) is 1. The number of hydrogen-bond acceptors (Lipinski definition) is 1. The number of carbonyl (C=O) groups excluding carboxylic acids is 1. The lowest BCUT2D eigenvalue weighted by molar-refractivity contribution is -0.132. The molecule has 1 aliphatic heterocycles. The van der Waals surface area contributed by atoms with Gasteiger partial charge in [0.05, 0.1) is 7.85 Å². The summed E-state index contributed by atoms with van der Waals surface area (Å²) in [5, 5.41) is 0. The lowest BCUT2D eigenvalue weighted by atomic mass is 10.0. The summed E-state index contributed by atoms with van der Waals surface area (Å²) >= 11 is 0. The predicted octanol–water partition coefficient (Wildman–Crippen LogP) is -0.194. The van der Waals surface area contributed by atoms with E-state index in [1.54, 1.807) is 4.90 Å². The topological polar surface area (TPSA) is 20.3 Å². The summed E-state index contributed by atoms with van der Waals surface area (Å²) in [5.41, 5.74) is 0. The molecule has 0 bridgehead atoms. The molecule has 0 N–H and O–H groups in total. The van der Waals surface area contributed by atoms with Crippen molar-refractivity contribution in [2.24, 2.45) is 0 Å². The Morgan fingerprint density at radius 1 is 1.62 bits per heavy atom. The van der Waals surface area contributed by atoms with Crippen LogP contribution in [-0.4, -0.2) is 31.7 Å². The van der Waals surface area contributed by atoms with Gasteiger partial charge in [-0.25, -0.2) is 0 Å². The molecule has 0 aromatic carbocycles. The SMILES string of the molecule is [B]CC(=O)N1CCC1. The highest BCUT2D eigenvalue weighted by molar-refractivity contribution is 6.19. The number of rotatable bonds is 1.